The van der Waals surface area contributed by atoms with E-state index in [0.29, 0.717) is 16.5 Å². The summed E-state index contributed by atoms with van der Waals surface area (Å²) in [7, 11) is 1.31. The monoisotopic (exact) mass is 397 g/mol. The van der Waals surface area contributed by atoms with Crippen molar-refractivity contribution in [3.05, 3.63) is 35.4 Å². The summed E-state index contributed by atoms with van der Waals surface area (Å²) in [5.74, 6) is -2.59. The van der Waals surface area contributed by atoms with Gasteiger partial charge in [0, 0.05) is 17.8 Å². The number of phenolic OH excluding ortho intramolecular Hbond substituents is 1. The standard InChI is InChI=1S/C20H15NO8/c1-21-12(22)6-11(19(21)25)28-20(26)14-15-17(27-10-7-13(23)29-18(10)15)9-5-3-2-4-8(9)16(14)24/h2-5,10-11,18,24H,6-7H2,1H3/t10-,11+,18+/m1/s1. The molecule has 3 aliphatic heterocycles. The van der Waals surface area contributed by atoms with Crippen LogP contribution in [0, 0.1) is 0 Å². The zero-order valence-corrected chi connectivity index (χ0v) is 15.2. The number of hydrogen-bond acceptors (Lipinski definition) is 8. The van der Waals surface area contributed by atoms with Crippen LogP contribution in [0.25, 0.3) is 10.8 Å². The molecule has 148 valence electrons. The molecular formula is C20H15NO8. The fourth-order valence-electron chi connectivity index (χ4n) is 4.05. The molecule has 3 aliphatic rings. The van der Waals surface area contributed by atoms with E-state index >= 15 is 0 Å². The third kappa shape index (κ3) is 2.40. The molecule has 0 spiro atoms. The van der Waals surface area contributed by atoms with Crippen molar-refractivity contribution >= 4 is 34.5 Å². The van der Waals surface area contributed by atoms with Crippen LogP contribution >= 0.6 is 0 Å². The van der Waals surface area contributed by atoms with Crippen LogP contribution in [0.15, 0.2) is 24.3 Å². The van der Waals surface area contributed by atoms with Crippen LogP contribution in [0.2, 0.25) is 0 Å². The first-order chi connectivity index (χ1) is 13.9. The first-order valence-electron chi connectivity index (χ1n) is 9.02. The Kier molecular flexibility index (Phi) is 3.58. The van der Waals surface area contributed by atoms with Gasteiger partial charge in [-0.1, -0.05) is 24.3 Å². The lowest BCUT2D eigenvalue weighted by Gasteiger charge is -2.17. The largest absolute Gasteiger partial charge is 0.506 e. The second kappa shape index (κ2) is 5.94. The summed E-state index contributed by atoms with van der Waals surface area (Å²) in [5, 5.41) is 11.8. The zero-order valence-electron chi connectivity index (χ0n) is 15.2. The number of phenols is 1. The van der Waals surface area contributed by atoms with Crippen LogP contribution in [-0.2, 0) is 23.9 Å². The summed E-state index contributed by atoms with van der Waals surface area (Å²) in [6.45, 7) is 0. The van der Waals surface area contributed by atoms with Crippen molar-refractivity contribution in [2.24, 2.45) is 0 Å². The van der Waals surface area contributed by atoms with Gasteiger partial charge in [-0.05, 0) is 0 Å². The lowest BCUT2D eigenvalue weighted by molar-refractivity contribution is -0.142. The molecule has 0 radical (unpaired) electrons. The number of amides is 2. The van der Waals surface area contributed by atoms with Gasteiger partial charge in [-0.15, -0.1) is 0 Å². The fraction of sp³-hybridized carbons (Fsp3) is 0.300. The van der Waals surface area contributed by atoms with Gasteiger partial charge in [0.1, 0.15) is 17.1 Å². The maximum absolute atomic E-state index is 13.0. The molecule has 2 saturated heterocycles. The summed E-state index contributed by atoms with van der Waals surface area (Å²) in [5.41, 5.74) is -0.0112. The molecule has 2 amide bonds. The minimum Gasteiger partial charge on any atom is -0.506 e. The quantitative estimate of drug-likeness (QED) is 0.593. The SMILES string of the molecule is CN1C(=O)C[C@H](OC(=O)c2c3c(c4ccccc4c2O)O[C@@H]2CC(=O)O[C@H]32)C1=O. The summed E-state index contributed by atoms with van der Waals surface area (Å²) < 4.78 is 16.5. The Labute approximate surface area is 163 Å². The van der Waals surface area contributed by atoms with E-state index in [1.807, 2.05) is 0 Å². The molecule has 0 saturated carbocycles. The van der Waals surface area contributed by atoms with Gasteiger partial charge in [0.2, 0.25) is 5.91 Å². The van der Waals surface area contributed by atoms with Gasteiger partial charge in [-0.3, -0.25) is 19.3 Å². The van der Waals surface area contributed by atoms with Gasteiger partial charge >= 0.3 is 11.9 Å². The van der Waals surface area contributed by atoms with Crippen molar-refractivity contribution in [3.8, 4) is 11.5 Å². The van der Waals surface area contributed by atoms with Crippen LogP contribution < -0.4 is 4.74 Å². The molecular weight excluding hydrogens is 382 g/mol. The molecule has 3 atom stereocenters. The first-order valence-corrected chi connectivity index (χ1v) is 9.02. The van der Waals surface area contributed by atoms with Crippen molar-refractivity contribution in [2.75, 3.05) is 7.05 Å². The number of carbonyl (C=O) groups is 4. The number of likely N-dealkylation sites (tertiary alicyclic amines) is 1. The molecule has 0 aromatic heterocycles. The Balaban J connectivity index is 1.63. The lowest BCUT2D eigenvalue weighted by Crippen LogP contribution is -2.30. The van der Waals surface area contributed by atoms with Crippen LogP contribution in [0.1, 0.15) is 34.9 Å². The molecule has 2 aromatic carbocycles. The number of rotatable bonds is 2. The Morgan fingerprint density at radius 1 is 1.14 bits per heavy atom. The van der Waals surface area contributed by atoms with E-state index in [-0.39, 0.29) is 29.7 Å². The van der Waals surface area contributed by atoms with E-state index in [1.54, 1.807) is 24.3 Å². The Hall–Kier alpha value is -3.62. The van der Waals surface area contributed by atoms with E-state index < -0.39 is 42.1 Å². The van der Waals surface area contributed by atoms with Crippen molar-refractivity contribution < 1.29 is 38.5 Å². The number of imide groups is 1. The summed E-state index contributed by atoms with van der Waals surface area (Å²) in [6, 6.07) is 6.78. The van der Waals surface area contributed by atoms with E-state index in [2.05, 4.69) is 0 Å². The van der Waals surface area contributed by atoms with Crippen molar-refractivity contribution in [1.29, 1.82) is 0 Å². The third-order valence-electron chi connectivity index (χ3n) is 5.49. The number of ether oxygens (including phenoxy) is 3. The Morgan fingerprint density at radius 3 is 2.55 bits per heavy atom. The maximum atomic E-state index is 13.0. The van der Waals surface area contributed by atoms with Gasteiger partial charge in [0.25, 0.3) is 5.91 Å². The third-order valence-corrected chi connectivity index (χ3v) is 5.49. The summed E-state index contributed by atoms with van der Waals surface area (Å²) >= 11 is 0. The second-order valence-corrected chi connectivity index (χ2v) is 7.17. The topological polar surface area (TPSA) is 119 Å². The van der Waals surface area contributed by atoms with Gasteiger partial charge in [0.05, 0.1) is 18.4 Å². The first kappa shape index (κ1) is 17.5. The van der Waals surface area contributed by atoms with Crippen molar-refractivity contribution in [3.63, 3.8) is 0 Å². The van der Waals surface area contributed by atoms with Crippen molar-refractivity contribution in [1.82, 2.24) is 4.90 Å². The van der Waals surface area contributed by atoms with Gasteiger partial charge in [-0.25, -0.2) is 4.79 Å². The molecule has 0 unspecified atom stereocenters. The zero-order chi connectivity index (χ0) is 20.4. The Bertz CT molecular complexity index is 1120. The van der Waals surface area contributed by atoms with Gasteiger partial charge in [0.15, 0.2) is 18.3 Å². The number of benzene rings is 2. The molecule has 2 fully saturated rings. The minimum atomic E-state index is -1.27. The number of esters is 2. The molecule has 1 N–H and O–H groups in total. The van der Waals surface area contributed by atoms with Gasteiger partial charge in [-0.2, -0.15) is 0 Å². The predicted molar refractivity (Wildman–Crippen MR) is 95.1 cm³/mol. The molecule has 0 aliphatic carbocycles. The van der Waals surface area contributed by atoms with E-state index in [0.717, 1.165) is 4.90 Å². The molecule has 3 heterocycles. The molecule has 5 rings (SSSR count). The predicted octanol–water partition coefficient (Wildman–Crippen LogP) is 1.21. The smallest absolute Gasteiger partial charge is 0.343 e. The fourth-order valence-corrected chi connectivity index (χ4v) is 4.05. The summed E-state index contributed by atoms with van der Waals surface area (Å²) in [6.07, 6.45) is -3.00. The van der Waals surface area contributed by atoms with E-state index in [9.17, 15) is 24.3 Å². The number of aromatic hydroxyl groups is 1. The second-order valence-electron chi connectivity index (χ2n) is 7.17. The molecule has 9 heteroatoms. The number of hydrogen-bond donors (Lipinski definition) is 1. The highest BCUT2D eigenvalue weighted by Gasteiger charge is 2.49. The highest BCUT2D eigenvalue weighted by molar-refractivity contribution is 6.09. The molecule has 2 aromatic rings. The number of carbonyl (C=O) groups excluding carboxylic acids is 4. The van der Waals surface area contributed by atoms with Gasteiger partial charge < -0.3 is 19.3 Å². The average molecular weight is 397 g/mol. The van der Waals surface area contributed by atoms with E-state index in [4.69, 9.17) is 14.2 Å². The summed E-state index contributed by atoms with van der Waals surface area (Å²) in [4.78, 5) is 49.4. The van der Waals surface area contributed by atoms with Crippen molar-refractivity contribution in [2.45, 2.75) is 31.2 Å². The average Bonchev–Trinajstić information content (AvgIpc) is 3.30. The highest BCUT2D eigenvalue weighted by atomic mass is 16.6. The number of likely N-dealkylation sites (N-methyl/N-ethyl adjacent to an activating group) is 1. The minimum absolute atomic E-state index is 0.0172. The number of fused-ring (bicyclic) bond motifs is 5. The normalized spacial score (nSPS) is 25.1. The number of nitrogens with zero attached hydrogens (tertiary/aromatic N) is 1. The van der Waals surface area contributed by atoms with Crippen LogP contribution in [-0.4, -0.2) is 53.0 Å². The molecule has 9 nitrogen and oxygen atoms in total. The molecule has 0 bridgehead atoms. The molecule has 29 heavy (non-hydrogen) atoms. The van der Waals surface area contributed by atoms with E-state index in [1.165, 1.54) is 7.05 Å². The van der Waals surface area contributed by atoms with Crippen LogP contribution in [0.3, 0.4) is 0 Å². The van der Waals surface area contributed by atoms with Crippen LogP contribution in [0.5, 0.6) is 11.5 Å². The maximum Gasteiger partial charge on any atom is 0.343 e. The Morgan fingerprint density at radius 2 is 1.86 bits per heavy atom. The highest BCUT2D eigenvalue weighted by Crippen LogP contribution is 2.52. The lowest BCUT2D eigenvalue weighted by atomic mass is 9.94. The van der Waals surface area contributed by atoms with Crippen LogP contribution in [0.4, 0.5) is 0 Å².